The van der Waals surface area contributed by atoms with Crippen molar-refractivity contribution in [1.29, 1.82) is 0 Å². The van der Waals surface area contributed by atoms with Gasteiger partial charge in [-0.2, -0.15) is 0 Å². The maximum absolute atomic E-state index is 10.6. The highest BCUT2D eigenvalue weighted by molar-refractivity contribution is 5.95. The molecular weight excluding hydrogens is 232 g/mol. The molecule has 0 aliphatic heterocycles. The molecule has 0 unspecified atom stereocenters. The molecule has 2 rings (SSSR count). The fourth-order valence-electron chi connectivity index (χ4n) is 1.95. The Morgan fingerprint density at radius 2 is 2.06 bits per heavy atom. The molecule has 1 aromatic carbocycles. The number of nitrogens with two attached hydrogens (primary N) is 1. The molecule has 0 bridgehead atoms. The van der Waals surface area contributed by atoms with Crippen LogP contribution in [0.5, 0.6) is 5.88 Å². The third-order valence-corrected chi connectivity index (χ3v) is 2.62. The van der Waals surface area contributed by atoms with E-state index >= 15 is 0 Å². The Morgan fingerprint density at radius 3 is 2.67 bits per heavy atom. The fraction of sp³-hybridized carbons (Fsp3) is 0.250. The summed E-state index contributed by atoms with van der Waals surface area (Å²) in [6.45, 7) is 3.89. The zero-order valence-electron chi connectivity index (χ0n) is 10.2. The van der Waals surface area contributed by atoms with Gasteiger partial charge in [-0.25, -0.2) is 4.79 Å². The first-order chi connectivity index (χ1) is 8.52. The van der Waals surface area contributed by atoms with Gasteiger partial charge in [0.15, 0.2) is 5.69 Å². The zero-order chi connectivity index (χ0) is 13.3. The number of aromatic hydroxyl groups is 1. The molecule has 94 valence electrons. The Hall–Kier alpha value is -2.37. The highest BCUT2D eigenvalue weighted by atomic mass is 16.3. The fourth-order valence-corrected chi connectivity index (χ4v) is 1.95. The summed E-state index contributed by atoms with van der Waals surface area (Å²) in [5.41, 5.74) is 6.01. The summed E-state index contributed by atoms with van der Waals surface area (Å²) in [4.78, 5) is 10.6. The van der Waals surface area contributed by atoms with E-state index in [1.807, 2.05) is 38.1 Å². The molecule has 0 saturated carbocycles. The van der Waals surface area contributed by atoms with Crippen molar-refractivity contribution in [2.45, 2.75) is 19.9 Å². The lowest BCUT2D eigenvalue weighted by molar-refractivity contribution is 0.255. The van der Waals surface area contributed by atoms with Crippen LogP contribution in [0, 0.1) is 0 Å². The summed E-state index contributed by atoms with van der Waals surface area (Å²) in [5, 5.41) is 17.9. The molecule has 0 saturated heterocycles. The Balaban J connectivity index is 2.73. The van der Waals surface area contributed by atoms with Crippen LogP contribution in [0.25, 0.3) is 10.9 Å². The van der Waals surface area contributed by atoms with Gasteiger partial charge in [0.2, 0.25) is 5.88 Å². The minimum atomic E-state index is -0.893. The largest absolute Gasteiger partial charge is 0.493 e. The van der Waals surface area contributed by atoms with Crippen LogP contribution in [0.2, 0.25) is 0 Å². The van der Waals surface area contributed by atoms with Gasteiger partial charge in [0.1, 0.15) is 0 Å². The normalized spacial score (nSPS) is 11.7. The Morgan fingerprint density at radius 1 is 1.39 bits per heavy atom. The van der Waals surface area contributed by atoms with Crippen molar-refractivity contribution in [3.8, 4) is 5.88 Å². The third-order valence-electron chi connectivity index (χ3n) is 2.62. The van der Waals surface area contributed by atoms with Crippen molar-refractivity contribution >= 4 is 22.6 Å². The molecule has 3 N–H and O–H groups in total. The average molecular weight is 246 g/mol. The van der Waals surface area contributed by atoms with E-state index in [0.717, 1.165) is 10.9 Å². The smallest absolute Gasteiger partial charge is 0.356 e. The topological polar surface area (TPSA) is 93.0 Å². The van der Waals surface area contributed by atoms with Gasteiger partial charge in [0.25, 0.3) is 0 Å². The van der Waals surface area contributed by atoms with Crippen LogP contribution >= 0.6 is 0 Å². The van der Waals surface area contributed by atoms with Gasteiger partial charge in [-0.3, -0.25) is 0 Å². The molecule has 6 nitrogen and oxygen atoms in total. The summed E-state index contributed by atoms with van der Waals surface area (Å²) in [5.74, 6) is -0.0174. The number of hydrogen-bond donors (Lipinski definition) is 2. The molecule has 18 heavy (non-hydrogen) atoms. The first kappa shape index (κ1) is 12.1. The quantitative estimate of drug-likeness (QED) is 0.797. The number of benzene rings is 1. The van der Waals surface area contributed by atoms with Crippen LogP contribution in [0.3, 0.4) is 0 Å². The van der Waals surface area contributed by atoms with Gasteiger partial charge in [0.05, 0.1) is 5.52 Å². The van der Waals surface area contributed by atoms with E-state index < -0.39 is 6.03 Å². The summed E-state index contributed by atoms with van der Waals surface area (Å²) in [6.07, 6.45) is 0. The molecular formula is C12H14N4O2. The number of primary amides is 1. The summed E-state index contributed by atoms with van der Waals surface area (Å²) in [7, 11) is 0. The van der Waals surface area contributed by atoms with Gasteiger partial charge >= 0.3 is 6.03 Å². The number of amides is 2. The van der Waals surface area contributed by atoms with Crippen molar-refractivity contribution in [3.05, 3.63) is 24.3 Å². The molecule has 0 atom stereocenters. The average Bonchev–Trinajstić information content (AvgIpc) is 2.58. The van der Waals surface area contributed by atoms with Gasteiger partial charge in [-0.05, 0) is 19.9 Å². The minimum absolute atomic E-state index is 0.0174. The number of carbonyl (C=O) groups excluding carboxylic acids is 1. The summed E-state index contributed by atoms with van der Waals surface area (Å²) in [6, 6.07) is 6.55. The molecule has 6 heteroatoms. The van der Waals surface area contributed by atoms with E-state index in [1.54, 1.807) is 4.57 Å². The number of fused-ring (bicyclic) bond motifs is 1. The first-order valence-corrected chi connectivity index (χ1v) is 5.55. The number of hydrogen-bond acceptors (Lipinski definition) is 3. The van der Waals surface area contributed by atoms with E-state index in [-0.39, 0.29) is 17.6 Å². The lowest BCUT2D eigenvalue weighted by Gasteiger charge is -2.10. The van der Waals surface area contributed by atoms with E-state index in [4.69, 9.17) is 5.73 Å². The maximum atomic E-state index is 10.6. The predicted molar refractivity (Wildman–Crippen MR) is 68.1 cm³/mol. The third kappa shape index (κ3) is 1.92. The van der Waals surface area contributed by atoms with Crippen LogP contribution in [0.4, 0.5) is 10.5 Å². The number of para-hydroxylation sites is 1. The maximum Gasteiger partial charge on any atom is 0.356 e. The van der Waals surface area contributed by atoms with E-state index in [2.05, 4.69) is 10.2 Å². The van der Waals surface area contributed by atoms with E-state index in [1.165, 1.54) is 0 Å². The molecule has 0 spiro atoms. The lowest BCUT2D eigenvalue weighted by atomic mass is 10.2. The molecule has 0 radical (unpaired) electrons. The van der Waals surface area contributed by atoms with Crippen molar-refractivity contribution in [2.75, 3.05) is 0 Å². The Kier molecular flexibility index (Phi) is 3.01. The molecule has 1 heterocycles. The second-order valence-electron chi connectivity index (χ2n) is 4.19. The molecule has 1 aromatic heterocycles. The van der Waals surface area contributed by atoms with Crippen LogP contribution in [-0.4, -0.2) is 15.7 Å². The Labute approximate surface area is 104 Å². The molecule has 2 aromatic rings. The predicted octanol–water partition coefficient (Wildman–Crippen LogP) is 3.09. The van der Waals surface area contributed by atoms with Crippen LogP contribution in [0.1, 0.15) is 19.9 Å². The standard InChI is InChI=1S/C12H14N4O2/c1-7(2)16-9-6-4-3-5-8(9)10(11(16)17)14-15-12(13)18/h3-7,17H,1-2H3,(H2,13,18). The molecule has 0 fully saturated rings. The van der Waals surface area contributed by atoms with E-state index in [9.17, 15) is 9.90 Å². The van der Waals surface area contributed by atoms with Gasteiger partial charge in [-0.15, -0.1) is 5.11 Å². The molecule has 0 aliphatic rings. The minimum Gasteiger partial charge on any atom is -0.493 e. The SMILES string of the molecule is CC(C)n1c(O)c(N=NC(N)=O)c2ccccc21. The molecule has 2 amide bonds. The van der Waals surface area contributed by atoms with Crippen molar-refractivity contribution in [1.82, 2.24) is 4.57 Å². The van der Waals surface area contributed by atoms with Gasteiger partial charge < -0.3 is 15.4 Å². The van der Waals surface area contributed by atoms with Crippen LogP contribution < -0.4 is 5.73 Å². The number of azo groups is 1. The van der Waals surface area contributed by atoms with Gasteiger partial charge in [0, 0.05) is 11.4 Å². The monoisotopic (exact) mass is 246 g/mol. The van der Waals surface area contributed by atoms with Crippen molar-refractivity contribution < 1.29 is 9.90 Å². The Bertz CT molecular complexity index is 628. The van der Waals surface area contributed by atoms with Crippen LogP contribution in [0.15, 0.2) is 34.5 Å². The van der Waals surface area contributed by atoms with Crippen molar-refractivity contribution in [2.24, 2.45) is 16.0 Å². The highest BCUT2D eigenvalue weighted by Crippen LogP contribution is 2.40. The van der Waals surface area contributed by atoms with Crippen molar-refractivity contribution in [3.63, 3.8) is 0 Å². The first-order valence-electron chi connectivity index (χ1n) is 5.55. The van der Waals surface area contributed by atoms with Gasteiger partial charge in [-0.1, -0.05) is 23.3 Å². The molecule has 0 aliphatic carbocycles. The number of nitrogens with zero attached hydrogens (tertiary/aromatic N) is 3. The second-order valence-corrected chi connectivity index (χ2v) is 4.19. The highest BCUT2D eigenvalue weighted by Gasteiger charge is 2.17. The number of aromatic nitrogens is 1. The summed E-state index contributed by atoms with van der Waals surface area (Å²) < 4.78 is 1.73. The number of carbonyl (C=O) groups is 1. The summed E-state index contributed by atoms with van der Waals surface area (Å²) >= 11 is 0. The second kappa shape index (κ2) is 4.48. The lowest BCUT2D eigenvalue weighted by Crippen LogP contribution is -2.01. The zero-order valence-corrected chi connectivity index (χ0v) is 10.2. The van der Waals surface area contributed by atoms with Crippen LogP contribution in [-0.2, 0) is 0 Å². The van der Waals surface area contributed by atoms with E-state index in [0.29, 0.717) is 0 Å². The number of urea groups is 1. The number of rotatable bonds is 2.